The van der Waals surface area contributed by atoms with E-state index in [1.807, 2.05) is 49.1 Å². The van der Waals surface area contributed by atoms with Crippen LogP contribution >= 0.6 is 11.3 Å². The number of rotatable bonds is 4. The van der Waals surface area contributed by atoms with Crippen molar-refractivity contribution < 1.29 is 9.59 Å². The second-order valence-corrected chi connectivity index (χ2v) is 8.59. The summed E-state index contributed by atoms with van der Waals surface area (Å²) in [5, 5.41) is 6.02. The molecule has 3 aromatic rings. The zero-order chi connectivity index (χ0) is 21.8. The molecule has 0 atom stereocenters. The van der Waals surface area contributed by atoms with Crippen molar-refractivity contribution >= 4 is 34.0 Å². The van der Waals surface area contributed by atoms with Gasteiger partial charge in [0.25, 0.3) is 11.8 Å². The van der Waals surface area contributed by atoms with E-state index in [2.05, 4.69) is 20.6 Å². The van der Waals surface area contributed by atoms with Crippen molar-refractivity contribution in [3.8, 4) is 0 Å². The average Bonchev–Trinajstić information content (AvgIpc) is 3.07. The molecular weight excluding hydrogens is 408 g/mol. The monoisotopic (exact) mass is 434 g/mol. The van der Waals surface area contributed by atoms with E-state index in [0.29, 0.717) is 29.9 Å². The van der Waals surface area contributed by atoms with Gasteiger partial charge in [-0.05, 0) is 50.1 Å². The van der Waals surface area contributed by atoms with Crippen LogP contribution in [-0.2, 0) is 0 Å². The van der Waals surface area contributed by atoms with Crippen molar-refractivity contribution in [3.63, 3.8) is 0 Å². The highest BCUT2D eigenvalue weighted by Crippen LogP contribution is 2.23. The van der Waals surface area contributed by atoms with Crippen molar-refractivity contribution in [2.45, 2.75) is 20.3 Å². The van der Waals surface area contributed by atoms with Gasteiger partial charge in [-0.2, -0.15) is 0 Å². The fourth-order valence-corrected chi connectivity index (χ4v) is 4.51. The zero-order valence-electron chi connectivity index (χ0n) is 17.8. The van der Waals surface area contributed by atoms with Crippen LogP contribution in [0.15, 0.2) is 53.9 Å². The van der Waals surface area contributed by atoms with Crippen LogP contribution in [-0.4, -0.2) is 47.9 Å². The first kappa shape index (κ1) is 21.1. The van der Waals surface area contributed by atoms with Gasteiger partial charge >= 0.3 is 0 Å². The number of thiazole rings is 1. The Hall–Kier alpha value is -3.19. The van der Waals surface area contributed by atoms with Crippen molar-refractivity contribution in [2.75, 3.05) is 36.4 Å². The number of hydrogen-bond donors (Lipinski definition) is 1. The Morgan fingerprint density at radius 3 is 2.52 bits per heavy atom. The molecule has 7 heteroatoms. The summed E-state index contributed by atoms with van der Waals surface area (Å²) >= 11 is 1.65. The van der Waals surface area contributed by atoms with Crippen LogP contribution in [0, 0.1) is 13.8 Å². The van der Waals surface area contributed by atoms with E-state index in [-0.39, 0.29) is 11.8 Å². The first-order chi connectivity index (χ1) is 15.0. The van der Waals surface area contributed by atoms with Crippen LogP contribution in [0.5, 0.6) is 0 Å². The Morgan fingerprint density at radius 1 is 0.968 bits per heavy atom. The van der Waals surface area contributed by atoms with E-state index >= 15 is 0 Å². The predicted molar refractivity (Wildman–Crippen MR) is 125 cm³/mol. The fourth-order valence-electron chi connectivity index (χ4n) is 3.65. The lowest BCUT2D eigenvalue weighted by atomic mass is 10.1. The number of benzene rings is 2. The molecule has 1 fully saturated rings. The standard InChI is InChI=1S/C24H26N4O2S/c1-17-9-10-20(15-21(17)26-22(29)19-7-4-3-5-8-19)23(30)27-11-6-12-28(14-13-27)24-25-18(2)16-31-24/h3-5,7-10,15-16H,6,11-14H2,1-2H3,(H,26,29). The molecule has 4 rings (SSSR count). The molecule has 2 aromatic carbocycles. The van der Waals surface area contributed by atoms with Gasteiger partial charge in [-0.15, -0.1) is 11.3 Å². The van der Waals surface area contributed by atoms with Gasteiger partial charge in [0.1, 0.15) is 0 Å². The lowest BCUT2D eigenvalue weighted by molar-refractivity contribution is 0.0766. The van der Waals surface area contributed by atoms with Crippen molar-refractivity contribution in [2.24, 2.45) is 0 Å². The van der Waals surface area contributed by atoms with E-state index in [1.165, 1.54) is 0 Å². The van der Waals surface area contributed by atoms with E-state index in [4.69, 9.17) is 0 Å². The summed E-state index contributed by atoms with van der Waals surface area (Å²) < 4.78 is 0. The Kier molecular flexibility index (Phi) is 6.32. The minimum absolute atomic E-state index is 0.00706. The van der Waals surface area contributed by atoms with Gasteiger partial charge < -0.3 is 15.1 Å². The molecule has 2 heterocycles. The van der Waals surface area contributed by atoms with Crippen LogP contribution in [0.25, 0.3) is 0 Å². The Labute approximate surface area is 186 Å². The molecule has 0 aliphatic carbocycles. The minimum atomic E-state index is -0.183. The molecule has 1 N–H and O–H groups in total. The lowest BCUT2D eigenvalue weighted by Gasteiger charge is -2.22. The van der Waals surface area contributed by atoms with Gasteiger partial charge in [0.15, 0.2) is 5.13 Å². The summed E-state index contributed by atoms with van der Waals surface area (Å²) in [4.78, 5) is 34.5. The van der Waals surface area contributed by atoms with Crippen LogP contribution in [0.4, 0.5) is 10.8 Å². The topological polar surface area (TPSA) is 65.5 Å². The summed E-state index contributed by atoms with van der Waals surface area (Å²) in [5.41, 5.74) is 3.79. The maximum atomic E-state index is 13.2. The number of aromatic nitrogens is 1. The fraction of sp³-hybridized carbons (Fsp3) is 0.292. The highest BCUT2D eigenvalue weighted by atomic mass is 32.1. The quantitative estimate of drug-likeness (QED) is 0.662. The third-order valence-corrected chi connectivity index (χ3v) is 6.45. The maximum Gasteiger partial charge on any atom is 0.255 e. The van der Waals surface area contributed by atoms with E-state index in [0.717, 1.165) is 35.9 Å². The molecular formula is C24H26N4O2S. The molecule has 1 aromatic heterocycles. The molecule has 160 valence electrons. The summed E-state index contributed by atoms with van der Waals surface area (Å²) in [6.45, 7) is 6.94. The van der Waals surface area contributed by atoms with Gasteiger partial charge in [0, 0.05) is 48.4 Å². The number of nitrogens with one attached hydrogen (secondary N) is 1. The van der Waals surface area contributed by atoms with Crippen LogP contribution in [0.2, 0.25) is 0 Å². The lowest BCUT2D eigenvalue weighted by Crippen LogP contribution is -2.35. The normalized spacial score (nSPS) is 14.3. The average molecular weight is 435 g/mol. The molecule has 0 unspecified atom stereocenters. The van der Waals surface area contributed by atoms with E-state index < -0.39 is 0 Å². The number of nitrogens with zero attached hydrogens (tertiary/aromatic N) is 3. The summed E-state index contributed by atoms with van der Waals surface area (Å²) in [6, 6.07) is 14.6. The van der Waals surface area contributed by atoms with Gasteiger partial charge in [-0.3, -0.25) is 9.59 Å². The minimum Gasteiger partial charge on any atom is -0.346 e. The van der Waals surface area contributed by atoms with Crippen molar-refractivity contribution in [1.29, 1.82) is 0 Å². The summed E-state index contributed by atoms with van der Waals surface area (Å²) in [6.07, 6.45) is 0.897. The Balaban J connectivity index is 1.46. The largest absolute Gasteiger partial charge is 0.346 e. The van der Waals surface area contributed by atoms with Gasteiger partial charge in [-0.25, -0.2) is 4.98 Å². The molecule has 1 saturated heterocycles. The third kappa shape index (κ3) is 4.94. The van der Waals surface area contributed by atoms with Gasteiger partial charge in [0.05, 0.1) is 5.69 Å². The molecule has 0 spiro atoms. The summed E-state index contributed by atoms with van der Waals surface area (Å²) in [5.74, 6) is -0.190. The van der Waals surface area contributed by atoms with Crippen molar-refractivity contribution in [1.82, 2.24) is 9.88 Å². The molecule has 31 heavy (non-hydrogen) atoms. The van der Waals surface area contributed by atoms with E-state index in [9.17, 15) is 9.59 Å². The molecule has 0 saturated carbocycles. The second kappa shape index (κ2) is 9.31. The molecule has 0 bridgehead atoms. The van der Waals surface area contributed by atoms with Crippen molar-refractivity contribution in [3.05, 3.63) is 76.3 Å². The predicted octanol–water partition coefficient (Wildman–Crippen LogP) is 4.36. The first-order valence-corrected chi connectivity index (χ1v) is 11.3. The molecule has 1 aliphatic rings. The summed E-state index contributed by atoms with van der Waals surface area (Å²) in [7, 11) is 0. The van der Waals surface area contributed by atoms with Gasteiger partial charge in [0.2, 0.25) is 0 Å². The smallest absolute Gasteiger partial charge is 0.255 e. The number of carbonyl (C=O) groups is 2. The third-order valence-electron chi connectivity index (χ3n) is 5.43. The first-order valence-electron chi connectivity index (χ1n) is 10.4. The van der Waals surface area contributed by atoms with Crippen LogP contribution in [0.3, 0.4) is 0 Å². The molecule has 1 aliphatic heterocycles. The van der Waals surface area contributed by atoms with Crippen LogP contribution < -0.4 is 10.2 Å². The van der Waals surface area contributed by atoms with Gasteiger partial charge in [-0.1, -0.05) is 24.3 Å². The molecule has 0 radical (unpaired) electrons. The molecule has 2 amide bonds. The van der Waals surface area contributed by atoms with E-state index in [1.54, 1.807) is 29.5 Å². The maximum absolute atomic E-state index is 13.2. The SMILES string of the molecule is Cc1csc(N2CCCN(C(=O)c3ccc(C)c(NC(=O)c4ccccc4)c3)CC2)n1. The number of carbonyl (C=O) groups excluding carboxylic acids is 2. The zero-order valence-corrected chi connectivity index (χ0v) is 18.6. The Morgan fingerprint density at radius 2 is 1.77 bits per heavy atom. The number of amides is 2. The highest BCUT2D eigenvalue weighted by Gasteiger charge is 2.22. The number of anilines is 2. The molecule has 6 nitrogen and oxygen atoms in total. The number of hydrogen-bond acceptors (Lipinski definition) is 5. The second-order valence-electron chi connectivity index (χ2n) is 7.75. The van der Waals surface area contributed by atoms with Crippen LogP contribution in [0.1, 0.15) is 38.4 Å². The number of aryl methyl sites for hydroxylation is 2. The highest BCUT2D eigenvalue weighted by molar-refractivity contribution is 7.13. The Bertz CT molecular complexity index is 1080.